The largest absolute Gasteiger partial charge is 0.310 e. The Bertz CT molecular complexity index is 363. The number of nitrogens with one attached hydrogen (secondary N) is 1. The van der Waals surface area contributed by atoms with Gasteiger partial charge in [0.2, 0.25) is 0 Å². The summed E-state index contributed by atoms with van der Waals surface area (Å²) in [6, 6.07) is 11.5. The van der Waals surface area contributed by atoms with Gasteiger partial charge in [-0.05, 0) is 49.1 Å². The molecule has 1 unspecified atom stereocenters. The van der Waals surface area contributed by atoms with Crippen LogP contribution in [0.15, 0.2) is 30.3 Å². The Morgan fingerprint density at radius 2 is 1.70 bits per heavy atom. The molecular weight excluding hydrogens is 242 g/mol. The quantitative estimate of drug-likeness (QED) is 0.752. The van der Waals surface area contributed by atoms with Crippen LogP contribution in [0.25, 0.3) is 0 Å². The van der Waals surface area contributed by atoms with E-state index in [1.54, 1.807) is 0 Å². The molecule has 1 nitrogen and oxygen atoms in total. The van der Waals surface area contributed by atoms with E-state index in [9.17, 15) is 0 Å². The van der Waals surface area contributed by atoms with Gasteiger partial charge >= 0.3 is 0 Å². The fraction of sp³-hybridized carbons (Fsp3) is 0.684. The SMILES string of the molecule is CC(C)CC(NCC1CCC(C)CC1)c1ccccc1. The maximum Gasteiger partial charge on any atom is 0.0322 e. The summed E-state index contributed by atoms with van der Waals surface area (Å²) >= 11 is 0. The molecule has 1 fully saturated rings. The van der Waals surface area contributed by atoms with E-state index in [2.05, 4.69) is 56.4 Å². The lowest BCUT2D eigenvalue weighted by Crippen LogP contribution is -2.30. The summed E-state index contributed by atoms with van der Waals surface area (Å²) in [4.78, 5) is 0. The highest BCUT2D eigenvalue weighted by Crippen LogP contribution is 2.29. The Labute approximate surface area is 125 Å². The van der Waals surface area contributed by atoms with Crippen LogP contribution in [-0.2, 0) is 0 Å². The third-order valence-corrected chi connectivity index (χ3v) is 4.70. The van der Waals surface area contributed by atoms with Crippen LogP contribution in [0.3, 0.4) is 0 Å². The summed E-state index contributed by atoms with van der Waals surface area (Å²) in [6.45, 7) is 8.23. The molecular formula is C19H31N. The first-order valence-corrected chi connectivity index (χ1v) is 8.43. The Balaban J connectivity index is 1.88. The molecule has 1 aliphatic rings. The molecule has 1 atom stereocenters. The van der Waals surface area contributed by atoms with Gasteiger partial charge in [-0.15, -0.1) is 0 Å². The zero-order chi connectivity index (χ0) is 14.4. The molecule has 0 saturated heterocycles. The van der Waals surface area contributed by atoms with Crippen LogP contribution in [0.1, 0.15) is 64.5 Å². The highest BCUT2D eigenvalue weighted by atomic mass is 14.9. The molecule has 1 aromatic rings. The minimum atomic E-state index is 0.524. The highest BCUT2D eigenvalue weighted by molar-refractivity contribution is 5.18. The van der Waals surface area contributed by atoms with E-state index >= 15 is 0 Å². The van der Waals surface area contributed by atoms with Crippen LogP contribution < -0.4 is 5.32 Å². The smallest absolute Gasteiger partial charge is 0.0322 e. The average Bonchev–Trinajstić information content (AvgIpc) is 2.46. The molecule has 1 aliphatic carbocycles. The molecule has 0 amide bonds. The Morgan fingerprint density at radius 1 is 1.05 bits per heavy atom. The molecule has 1 heteroatoms. The van der Waals surface area contributed by atoms with Crippen molar-refractivity contribution < 1.29 is 0 Å². The van der Waals surface area contributed by atoms with Crippen LogP contribution in [0.5, 0.6) is 0 Å². The topological polar surface area (TPSA) is 12.0 Å². The maximum absolute atomic E-state index is 3.85. The fourth-order valence-electron chi connectivity index (χ4n) is 3.34. The first kappa shape index (κ1) is 15.6. The number of hydrogen-bond acceptors (Lipinski definition) is 1. The Morgan fingerprint density at radius 3 is 2.30 bits per heavy atom. The molecule has 0 aliphatic heterocycles. The molecule has 0 spiro atoms. The number of hydrogen-bond donors (Lipinski definition) is 1. The summed E-state index contributed by atoms with van der Waals surface area (Å²) in [5.74, 6) is 2.58. The standard InChI is InChI=1S/C19H31N/c1-15(2)13-19(18-7-5-4-6-8-18)20-14-17-11-9-16(3)10-12-17/h4-8,15-17,19-20H,9-14H2,1-3H3. The van der Waals surface area contributed by atoms with Crippen LogP contribution in [0.2, 0.25) is 0 Å². The summed E-state index contributed by atoms with van der Waals surface area (Å²) in [7, 11) is 0. The first-order valence-electron chi connectivity index (χ1n) is 8.43. The first-order chi connectivity index (χ1) is 9.65. The Hall–Kier alpha value is -0.820. The van der Waals surface area contributed by atoms with Gasteiger partial charge in [-0.25, -0.2) is 0 Å². The minimum absolute atomic E-state index is 0.524. The normalized spacial score (nSPS) is 24.8. The van der Waals surface area contributed by atoms with Crippen LogP contribution in [0, 0.1) is 17.8 Å². The van der Waals surface area contributed by atoms with Gasteiger partial charge in [-0.2, -0.15) is 0 Å². The van der Waals surface area contributed by atoms with Crippen LogP contribution >= 0.6 is 0 Å². The average molecular weight is 273 g/mol. The Kier molecular flexibility index (Phi) is 6.09. The fourth-order valence-corrected chi connectivity index (χ4v) is 3.34. The predicted octanol–water partition coefficient (Wildman–Crippen LogP) is 5.19. The van der Waals surface area contributed by atoms with Gasteiger partial charge in [-0.1, -0.05) is 63.9 Å². The molecule has 0 aromatic heterocycles. The van der Waals surface area contributed by atoms with Crippen molar-refractivity contribution >= 4 is 0 Å². The van der Waals surface area contributed by atoms with Crippen molar-refractivity contribution in [3.8, 4) is 0 Å². The van der Waals surface area contributed by atoms with Crippen molar-refractivity contribution in [2.45, 2.75) is 58.9 Å². The number of benzene rings is 1. The van der Waals surface area contributed by atoms with Gasteiger partial charge < -0.3 is 5.32 Å². The summed E-state index contributed by atoms with van der Waals surface area (Å²) in [5, 5.41) is 3.85. The van der Waals surface area contributed by atoms with Gasteiger partial charge in [0.05, 0.1) is 0 Å². The molecule has 2 rings (SSSR count). The maximum atomic E-state index is 3.85. The van der Waals surface area contributed by atoms with E-state index in [0.717, 1.165) is 17.8 Å². The van der Waals surface area contributed by atoms with E-state index < -0.39 is 0 Å². The van der Waals surface area contributed by atoms with Crippen molar-refractivity contribution in [2.24, 2.45) is 17.8 Å². The zero-order valence-corrected chi connectivity index (χ0v) is 13.4. The summed E-state index contributed by atoms with van der Waals surface area (Å²) < 4.78 is 0. The lowest BCUT2D eigenvalue weighted by atomic mass is 9.83. The van der Waals surface area contributed by atoms with E-state index in [0.29, 0.717) is 6.04 Å². The van der Waals surface area contributed by atoms with E-state index in [1.807, 2.05) is 0 Å². The van der Waals surface area contributed by atoms with Gasteiger partial charge in [0.25, 0.3) is 0 Å². The molecule has 1 aromatic carbocycles. The van der Waals surface area contributed by atoms with E-state index in [1.165, 1.54) is 44.2 Å². The lowest BCUT2D eigenvalue weighted by Gasteiger charge is -2.29. The molecule has 1 saturated carbocycles. The lowest BCUT2D eigenvalue weighted by molar-refractivity contribution is 0.269. The van der Waals surface area contributed by atoms with Gasteiger partial charge in [0.15, 0.2) is 0 Å². The molecule has 20 heavy (non-hydrogen) atoms. The third kappa shape index (κ3) is 4.94. The van der Waals surface area contributed by atoms with Crippen molar-refractivity contribution in [3.05, 3.63) is 35.9 Å². The second-order valence-electron chi connectivity index (χ2n) is 7.13. The third-order valence-electron chi connectivity index (χ3n) is 4.70. The van der Waals surface area contributed by atoms with Gasteiger partial charge in [0.1, 0.15) is 0 Å². The van der Waals surface area contributed by atoms with Crippen molar-refractivity contribution in [1.82, 2.24) is 5.32 Å². The second-order valence-corrected chi connectivity index (χ2v) is 7.13. The summed E-state index contributed by atoms with van der Waals surface area (Å²) in [6.07, 6.45) is 6.90. The molecule has 0 bridgehead atoms. The second kappa shape index (κ2) is 7.83. The van der Waals surface area contributed by atoms with E-state index in [-0.39, 0.29) is 0 Å². The molecule has 0 heterocycles. The van der Waals surface area contributed by atoms with Crippen LogP contribution in [0.4, 0.5) is 0 Å². The van der Waals surface area contributed by atoms with Crippen LogP contribution in [-0.4, -0.2) is 6.54 Å². The van der Waals surface area contributed by atoms with Crippen molar-refractivity contribution in [1.29, 1.82) is 0 Å². The zero-order valence-electron chi connectivity index (χ0n) is 13.4. The summed E-state index contributed by atoms with van der Waals surface area (Å²) in [5.41, 5.74) is 1.45. The monoisotopic (exact) mass is 273 g/mol. The molecule has 112 valence electrons. The predicted molar refractivity (Wildman–Crippen MR) is 87.8 cm³/mol. The van der Waals surface area contributed by atoms with Gasteiger partial charge in [0, 0.05) is 6.04 Å². The van der Waals surface area contributed by atoms with Crippen molar-refractivity contribution in [2.75, 3.05) is 6.54 Å². The van der Waals surface area contributed by atoms with E-state index in [4.69, 9.17) is 0 Å². The van der Waals surface area contributed by atoms with Gasteiger partial charge in [-0.3, -0.25) is 0 Å². The number of rotatable bonds is 6. The molecule has 1 N–H and O–H groups in total. The minimum Gasteiger partial charge on any atom is -0.310 e. The van der Waals surface area contributed by atoms with Crippen molar-refractivity contribution in [3.63, 3.8) is 0 Å². The molecule has 0 radical (unpaired) electrons. The highest BCUT2D eigenvalue weighted by Gasteiger charge is 2.20.